The molecule has 0 radical (unpaired) electrons. The maximum atomic E-state index is 12.9. The van der Waals surface area contributed by atoms with Crippen LogP contribution in [0.5, 0.6) is 0 Å². The Morgan fingerprint density at radius 2 is 1.88 bits per heavy atom. The van der Waals surface area contributed by atoms with Gasteiger partial charge >= 0.3 is 5.69 Å². The summed E-state index contributed by atoms with van der Waals surface area (Å²) in [7, 11) is 0. The van der Waals surface area contributed by atoms with Crippen LogP contribution >= 0.6 is 11.6 Å². The van der Waals surface area contributed by atoms with Crippen molar-refractivity contribution in [2.24, 2.45) is 0 Å². The maximum absolute atomic E-state index is 12.9. The molecule has 7 heteroatoms. The summed E-state index contributed by atoms with van der Waals surface area (Å²) in [4.78, 5) is 27.6. The molecule has 0 saturated carbocycles. The fourth-order valence-corrected chi connectivity index (χ4v) is 3.91. The summed E-state index contributed by atoms with van der Waals surface area (Å²) < 4.78 is 3.09. The fourth-order valence-electron chi connectivity index (χ4n) is 3.78. The highest BCUT2D eigenvalue weighted by Crippen LogP contribution is 2.25. The van der Waals surface area contributed by atoms with E-state index in [9.17, 15) is 9.59 Å². The lowest BCUT2D eigenvalue weighted by molar-refractivity contribution is -0.134. The Hall–Kier alpha value is -2.08. The number of benzene rings is 1. The molecule has 25 heavy (non-hydrogen) atoms. The largest absolute Gasteiger partial charge is 0.346 e. The first-order valence-electron chi connectivity index (χ1n) is 8.85. The summed E-state index contributed by atoms with van der Waals surface area (Å²) in [5.41, 5.74) is 0.770. The van der Waals surface area contributed by atoms with E-state index in [4.69, 9.17) is 11.6 Å². The van der Waals surface area contributed by atoms with Gasteiger partial charge in [-0.2, -0.15) is 5.10 Å². The van der Waals surface area contributed by atoms with Crippen LogP contribution in [0.25, 0.3) is 0 Å². The number of aromatic nitrogens is 3. The quantitative estimate of drug-likeness (QED) is 0.843. The highest BCUT2D eigenvalue weighted by molar-refractivity contribution is 6.30. The summed E-state index contributed by atoms with van der Waals surface area (Å²) in [6, 6.07) is 6.99. The molecule has 1 aromatic carbocycles. The zero-order chi connectivity index (χ0) is 17.4. The van der Waals surface area contributed by atoms with Crippen molar-refractivity contribution in [3.05, 3.63) is 51.2 Å². The number of likely N-dealkylation sites (tertiary alicyclic amines) is 1. The molecule has 1 aromatic heterocycles. The van der Waals surface area contributed by atoms with Gasteiger partial charge in [-0.3, -0.25) is 9.36 Å². The average molecular weight is 361 g/mol. The molecule has 1 saturated heterocycles. The van der Waals surface area contributed by atoms with Gasteiger partial charge in [-0.15, -0.1) is 0 Å². The first-order valence-corrected chi connectivity index (χ1v) is 9.23. The smallest absolute Gasteiger partial charge is 0.341 e. The first-order chi connectivity index (χ1) is 12.1. The van der Waals surface area contributed by atoms with Crippen LogP contribution < -0.4 is 5.69 Å². The monoisotopic (exact) mass is 360 g/mol. The standard InChI is InChI=1S/C18H21ClN4O2/c19-14-8-6-13(7-9-14)12-22-18(25)23-15(4-3-5-16(23)20-22)17(24)21-10-1-2-11-21/h6-9,15H,1-5,10-12H2/t15-/m1/s1. The molecule has 1 atom stereocenters. The van der Waals surface area contributed by atoms with Gasteiger partial charge in [0.05, 0.1) is 6.54 Å². The van der Waals surface area contributed by atoms with E-state index in [1.165, 1.54) is 4.68 Å². The molecular formula is C18H21ClN4O2. The number of hydrogen-bond donors (Lipinski definition) is 0. The molecule has 4 rings (SSSR count). The Balaban J connectivity index is 1.63. The van der Waals surface area contributed by atoms with Gasteiger partial charge in [0.2, 0.25) is 5.91 Å². The Morgan fingerprint density at radius 1 is 1.16 bits per heavy atom. The zero-order valence-corrected chi connectivity index (χ0v) is 14.8. The second-order valence-corrected chi connectivity index (χ2v) is 7.23. The van der Waals surface area contributed by atoms with Crippen LogP contribution in [0.15, 0.2) is 29.1 Å². The van der Waals surface area contributed by atoms with Crippen molar-refractivity contribution in [2.45, 2.75) is 44.7 Å². The SMILES string of the molecule is O=C([C@H]1CCCc2nn(Cc3ccc(Cl)cc3)c(=O)n21)N1CCCC1. The summed E-state index contributed by atoms with van der Waals surface area (Å²) in [5.74, 6) is 0.800. The van der Waals surface area contributed by atoms with Crippen LogP contribution in [0.3, 0.4) is 0 Å². The number of hydrogen-bond acceptors (Lipinski definition) is 3. The van der Waals surface area contributed by atoms with E-state index in [1.54, 1.807) is 16.7 Å². The second kappa shape index (κ2) is 6.67. The molecule has 2 aromatic rings. The van der Waals surface area contributed by atoms with Crippen molar-refractivity contribution < 1.29 is 4.79 Å². The van der Waals surface area contributed by atoms with Crippen molar-refractivity contribution in [3.8, 4) is 0 Å². The van der Waals surface area contributed by atoms with Crippen molar-refractivity contribution in [1.29, 1.82) is 0 Å². The second-order valence-electron chi connectivity index (χ2n) is 6.79. The number of rotatable bonds is 3. The number of nitrogens with zero attached hydrogens (tertiary/aromatic N) is 4. The van der Waals surface area contributed by atoms with Crippen molar-refractivity contribution >= 4 is 17.5 Å². The highest BCUT2D eigenvalue weighted by atomic mass is 35.5. The molecule has 0 bridgehead atoms. The van der Waals surface area contributed by atoms with Gasteiger partial charge in [0, 0.05) is 24.5 Å². The molecule has 0 spiro atoms. The number of carbonyl (C=O) groups is 1. The first kappa shape index (κ1) is 16.4. The van der Waals surface area contributed by atoms with Gasteiger partial charge < -0.3 is 4.90 Å². The molecule has 1 amide bonds. The van der Waals surface area contributed by atoms with Crippen LogP contribution in [0.4, 0.5) is 0 Å². The van der Waals surface area contributed by atoms with E-state index in [0.29, 0.717) is 11.6 Å². The lowest BCUT2D eigenvalue weighted by Gasteiger charge is -2.27. The van der Waals surface area contributed by atoms with Crippen LogP contribution in [0.1, 0.15) is 43.1 Å². The number of carbonyl (C=O) groups excluding carboxylic acids is 1. The zero-order valence-electron chi connectivity index (χ0n) is 14.0. The molecular weight excluding hydrogens is 340 g/mol. The van der Waals surface area contributed by atoms with Gasteiger partial charge in [0.15, 0.2) is 0 Å². The molecule has 0 aliphatic carbocycles. The summed E-state index contributed by atoms with van der Waals surface area (Å²) in [6.45, 7) is 2.00. The predicted octanol–water partition coefficient (Wildman–Crippen LogP) is 2.25. The average Bonchev–Trinajstić information content (AvgIpc) is 3.25. The van der Waals surface area contributed by atoms with E-state index in [2.05, 4.69) is 5.10 Å². The number of halogens is 1. The third kappa shape index (κ3) is 3.11. The van der Waals surface area contributed by atoms with Crippen LogP contribution in [-0.4, -0.2) is 38.2 Å². The minimum absolute atomic E-state index is 0.0755. The van der Waals surface area contributed by atoms with Gasteiger partial charge in [-0.25, -0.2) is 9.48 Å². The number of amides is 1. The lowest BCUT2D eigenvalue weighted by Crippen LogP contribution is -2.41. The Kier molecular flexibility index (Phi) is 4.37. The molecule has 132 valence electrons. The Morgan fingerprint density at radius 3 is 2.60 bits per heavy atom. The third-order valence-electron chi connectivity index (χ3n) is 5.08. The number of fused-ring (bicyclic) bond motifs is 1. The molecule has 1 fully saturated rings. The third-order valence-corrected chi connectivity index (χ3v) is 5.33. The van der Waals surface area contributed by atoms with Gasteiger partial charge in [-0.05, 0) is 43.4 Å². The normalized spacial score (nSPS) is 19.9. The van der Waals surface area contributed by atoms with Crippen molar-refractivity contribution in [3.63, 3.8) is 0 Å². The van der Waals surface area contributed by atoms with Gasteiger partial charge in [0.1, 0.15) is 11.9 Å². The van der Waals surface area contributed by atoms with E-state index in [-0.39, 0.29) is 11.6 Å². The Bertz CT molecular complexity index is 834. The van der Waals surface area contributed by atoms with Gasteiger partial charge in [0.25, 0.3) is 0 Å². The molecule has 0 N–H and O–H groups in total. The highest BCUT2D eigenvalue weighted by Gasteiger charge is 2.34. The Labute approximate surface area is 151 Å². The van der Waals surface area contributed by atoms with Crippen LogP contribution in [0, 0.1) is 0 Å². The van der Waals surface area contributed by atoms with E-state index < -0.39 is 6.04 Å². The topological polar surface area (TPSA) is 60.1 Å². The predicted molar refractivity (Wildman–Crippen MR) is 94.8 cm³/mol. The van der Waals surface area contributed by atoms with Gasteiger partial charge in [-0.1, -0.05) is 23.7 Å². The molecule has 2 aliphatic rings. The van der Waals surface area contributed by atoms with Crippen molar-refractivity contribution in [1.82, 2.24) is 19.2 Å². The molecule has 6 nitrogen and oxygen atoms in total. The summed E-state index contributed by atoms with van der Waals surface area (Å²) in [5, 5.41) is 5.15. The lowest BCUT2D eigenvalue weighted by atomic mass is 10.0. The maximum Gasteiger partial charge on any atom is 0.346 e. The minimum atomic E-state index is -0.395. The molecule has 3 heterocycles. The van der Waals surface area contributed by atoms with Crippen LogP contribution in [0.2, 0.25) is 5.02 Å². The summed E-state index contributed by atoms with van der Waals surface area (Å²) >= 11 is 5.91. The van der Waals surface area contributed by atoms with E-state index >= 15 is 0 Å². The van der Waals surface area contributed by atoms with Crippen molar-refractivity contribution in [2.75, 3.05) is 13.1 Å². The number of aryl methyl sites for hydroxylation is 1. The van der Waals surface area contributed by atoms with E-state index in [1.807, 2.05) is 17.0 Å². The molecule has 0 unspecified atom stereocenters. The van der Waals surface area contributed by atoms with Crippen LogP contribution in [-0.2, 0) is 17.8 Å². The van der Waals surface area contributed by atoms with E-state index in [0.717, 1.165) is 56.6 Å². The summed E-state index contributed by atoms with van der Waals surface area (Å²) in [6.07, 6.45) is 4.45. The molecule has 2 aliphatic heterocycles. The fraction of sp³-hybridized carbons (Fsp3) is 0.500. The minimum Gasteiger partial charge on any atom is -0.341 e.